The molecule has 0 aliphatic rings. The molecule has 0 unspecified atom stereocenters. The zero-order chi connectivity index (χ0) is 20.2. The first-order valence-corrected chi connectivity index (χ1v) is 9.39. The summed E-state index contributed by atoms with van der Waals surface area (Å²) < 4.78 is 7.73. The SMILES string of the molecule is COc1c(C#N)cccc1-c1cc(NCCn2c(C)cc3ccccc32)ncn1. The summed E-state index contributed by atoms with van der Waals surface area (Å²) in [5, 5.41) is 13.9. The van der Waals surface area contributed by atoms with E-state index in [9.17, 15) is 5.26 Å². The third kappa shape index (κ3) is 3.63. The Hall–Kier alpha value is -3.85. The summed E-state index contributed by atoms with van der Waals surface area (Å²) in [4.78, 5) is 8.69. The summed E-state index contributed by atoms with van der Waals surface area (Å²) in [6.07, 6.45) is 1.52. The number of hydrogen-bond acceptors (Lipinski definition) is 5. The van der Waals surface area contributed by atoms with Crippen molar-refractivity contribution in [2.45, 2.75) is 13.5 Å². The summed E-state index contributed by atoms with van der Waals surface area (Å²) in [7, 11) is 1.56. The first-order valence-electron chi connectivity index (χ1n) is 9.39. The summed E-state index contributed by atoms with van der Waals surface area (Å²) in [5.74, 6) is 1.25. The third-order valence-corrected chi connectivity index (χ3v) is 4.94. The highest BCUT2D eigenvalue weighted by atomic mass is 16.5. The summed E-state index contributed by atoms with van der Waals surface area (Å²) in [6, 6.07) is 20.1. The minimum Gasteiger partial charge on any atom is -0.495 e. The van der Waals surface area contributed by atoms with Crippen LogP contribution < -0.4 is 10.1 Å². The van der Waals surface area contributed by atoms with Crippen molar-refractivity contribution >= 4 is 16.7 Å². The van der Waals surface area contributed by atoms with Gasteiger partial charge in [-0.1, -0.05) is 24.3 Å². The van der Waals surface area contributed by atoms with Crippen molar-refractivity contribution in [1.82, 2.24) is 14.5 Å². The number of nitriles is 1. The van der Waals surface area contributed by atoms with E-state index >= 15 is 0 Å². The van der Waals surface area contributed by atoms with Gasteiger partial charge in [-0.05, 0) is 36.6 Å². The van der Waals surface area contributed by atoms with Gasteiger partial charge in [0.2, 0.25) is 0 Å². The van der Waals surface area contributed by atoms with Crippen molar-refractivity contribution in [3.63, 3.8) is 0 Å². The van der Waals surface area contributed by atoms with Crippen LogP contribution in [-0.2, 0) is 6.54 Å². The largest absolute Gasteiger partial charge is 0.495 e. The minimum absolute atomic E-state index is 0.480. The number of rotatable bonds is 6. The van der Waals surface area contributed by atoms with Gasteiger partial charge in [0.1, 0.15) is 24.0 Å². The Kier molecular flexibility index (Phi) is 5.12. The van der Waals surface area contributed by atoms with Gasteiger partial charge in [-0.15, -0.1) is 0 Å². The first-order chi connectivity index (χ1) is 14.2. The molecule has 4 rings (SSSR count). The van der Waals surface area contributed by atoms with Crippen LogP contribution in [0.1, 0.15) is 11.3 Å². The molecule has 0 fully saturated rings. The number of aryl methyl sites for hydroxylation is 1. The van der Waals surface area contributed by atoms with Crippen LogP contribution in [0.5, 0.6) is 5.75 Å². The summed E-state index contributed by atoms with van der Waals surface area (Å²) >= 11 is 0. The van der Waals surface area contributed by atoms with E-state index in [4.69, 9.17) is 4.74 Å². The standard InChI is InChI=1S/C23H21N5O/c1-16-12-17-6-3-4-9-21(17)28(16)11-10-25-22-13-20(26-15-27-22)19-8-5-7-18(14-24)23(19)29-2/h3-9,12-13,15H,10-11H2,1-2H3,(H,25,26,27). The number of nitrogens with zero attached hydrogens (tertiary/aromatic N) is 4. The highest BCUT2D eigenvalue weighted by molar-refractivity contribution is 5.81. The molecule has 1 N–H and O–H groups in total. The van der Waals surface area contributed by atoms with Gasteiger partial charge in [0.05, 0.1) is 18.4 Å². The molecule has 0 aliphatic heterocycles. The lowest BCUT2D eigenvalue weighted by molar-refractivity contribution is 0.415. The summed E-state index contributed by atoms with van der Waals surface area (Å²) in [6.45, 7) is 3.68. The van der Waals surface area contributed by atoms with Crippen LogP contribution >= 0.6 is 0 Å². The Morgan fingerprint density at radius 3 is 2.79 bits per heavy atom. The smallest absolute Gasteiger partial charge is 0.146 e. The minimum atomic E-state index is 0.480. The number of ether oxygens (including phenoxy) is 1. The molecule has 6 heteroatoms. The Morgan fingerprint density at radius 1 is 1.10 bits per heavy atom. The molecule has 6 nitrogen and oxygen atoms in total. The number of hydrogen-bond donors (Lipinski definition) is 1. The van der Waals surface area contributed by atoms with Crippen LogP contribution in [0.4, 0.5) is 5.82 Å². The molecule has 0 atom stereocenters. The van der Waals surface area contributed by atoms with E-state index in [1.807, 2.05) is 18.2 Å². The quantitative estimate of drug-likeness (QED) is 0.534. The monoisotopic (exact) mass is 383 g/mol. The lowest BCUT2D eigenvalue weighted by Gasteiger charge is -2.12. The molecular weight excluding hydrogens is 362 g/mol. The lowest BCUT2D eigenvalue weighted by atomic mass is 10.1. The number of para-hydroxylation sites is 2. The molecule has 2 aromatic heterocycles. The predicted molar refractivity (Wildman–Crippen MR) is 114 cm³/mol. The van der Waals surface area contributed by atoms with Crippen LogP contribution in [0.25, 0.3) is 22.2 Å². The van der Waals surface area contributed by atoms with Gasteiger partial charge < -0.3 is 14.6 Å². The average Bonchev–Trinajstić information content (AvgIpc) is 3.08. The molecular formula is C23H21N5O. The number of benzene rings is 2. The van der Waals surface area contributed by atoms with Crippen LogP contribution in [0, 0.1) is 18.3 Å². The van der Waals surface area contributed by atoms with Crippen molar-refractivity contribution in [2.75, 3.05) is 19.0 Å². The molecule has 144 valence electrons. The highest BCUT2D eigenvalue weighted by Gasteiger charge is 2.12. The maximum Gasteiger partial charge on any atom is 0.146 e. The van der Waals surface area contributed by atoms with E-state index in [0.29, 0.717) is 17.0 Å². The fraction of sp³-hybridized carbons (Fsp3) is 0.174. The molecule has 0 spiro atoms. The first kappa shape index (κ1) is 18.5. The Bertz CT molecular complexity index is 1210. The van der Waals surface area contributed by atoms with Crippen LogP contribution in [0.3, 0.4) is 0 Å². The topological polar surface area (TPSA) is 75.8 Å². The molecule has 0 radical (unpaired) electrons. The van der Waals surface area contributed by atoms with Crippen molar-refractivity contribution in [1.29, 1.82) is 5.26 Å². The van der Waals surface area contributed by atoms with E-state index in [1.54, 1.807) is 13.2 Å². The zero-order valence-corrected chi connectivity index (χ0v) is 16.4. The van der Waals surface area contributed by atoms with Crippen molar-refractivity contribution in [2.24, 2.45) is 0 Å². The highest BCUT2D eigenvalue weighted by Crippen LogP contribution is 2.32. The predicted octanol–water partition coefficient (Wildman–Crippen LogP) is 4.40. The molecule has 0 bridgehead atoms. The zero-order valence-electron chi connectivity index (χ0n) is 16.4. The molecule has 4 aromatic rings. The Balaban J connectivity index is 1.53. The maximum atomic E-state index is 9.30. The van der Waals surface area contributed by atoms with Crippen molar-refractivity contribution in [3.05, 3.63) is 72.2 Å². The van der Waals surface area contributed by atoms with Crippen molar-refractivity contribution < 1.29 is 4.74 Å². The number of aromatic nitrogens is 3. The van der Waals surface area contributed by atoms with Crippen LogP contribution in [0.15, 0.2) is 60.9 Å². The summed E-state index contributed by atoms with van der Waals surface area (Å²) in [5.41, 5.74) is 4.42. The van der Waals surface area contributed by atoms with Crippen molar-refractivity contribution in [3.8, 4) is 23.1 Å². The number of methoxy groups -OCH3 is 1. The second-order valence-corrected chi connectivity index (χ2v) is 6.71. The maximum absolute atomic E-state index is 9.30. The molecule has 0 saturated carbocycles. The number of fused-ring (bicyclic) bond motifs is 1. The van der Waals surface area contributed by atoms with Gasteiger partial charge in [-0.25, -0.2) is 9.97 Å². The van der Waals surface area contributed by atoms with Gasteiger partial charge in [-0.2, -0.15) is 5.26 Å². The van der Waals surface area contributed by atoms with E-state index in [0.717, 1.165) is 24.5 Å². The Labute approximate surface area is 169 Å². The lowest BCUT2D eigenvalue weighted by Crippen LogP contribution is -2.12. The van der Waals surface area contributed by atoms with Crippen LogP contribution in [0.2, 0.25) is 0 Å². The normalized spacial score (nSPS) is 10.7. The van der Waals surface area contributed by atoms with E-state index in [1.165, 1.54) is 22.9 Å². The molecule has 2 aromatic carbocycles. The van der Waals surface area contributed by atoms with Gasteiger partial charge in [-0.3, -0.25) is 0 Å². The second kappa shape index (κ2) is 8.03. The van der Waals surface area contributed by atoms with Gasteiger partial charge in [0, 0.05) is 35.9 Å². The third-order valence-electron chi connectivity index (χ3n) is 4.94. The fourth-order valence-corrected chi connectivity index (χ4v) is 3.59. The molecule has 0 amide bonds. The van der Waals surface area contributed by atoms with E-state index in [-0.39, 0.29) is 0 Å². The molecule has 0 saturated heterocycles. The molecule has 2 heterocycles. The number of anilines is 1. The van der Waals surface area contributed by atoms with Gasteiger partial charge in [0.15, 0.2) is 0 Å². The van der Waals surface area contributed by atoms with E-state index < -0.39 is 0 Å². The van der Waals surface area contributed by atoms with E-state index in [2.05, 4.69) is 63.2 Å². The number of nitrogens with one attached hydrogen (secondary N) is 1. The molecule has 0 aliphatic carbocycles. The van der Waals surface area contributed by atoms with Gasteiger partial charge in [0.25, 0.3) is 0 Å². The average molecular weight is 383 g/mol. The van der Waals surface area contributed by atoms with Crippen LogP contribution in [-0.4, -0.2) is 28.2 Å². The Morgan fingerprint density at radius 2 is 1.97 bits per heavy atom. The molecule has 29 heavy (non-hydrogen) atoms. The van der Waals surface area contributed by atoms with Gasteiger partial charge >= 0.3 is 0 Å². The fourth-order valence-electron chi connectivity index (χ4n) is 3.59. The second-order valence-electron chi connectivity index (χ2n) is 6.71.